The first-order chi connectivity index (χ1) is 8.09. The number of hydrogen-bond donors (Lipinski definition) is 1. The first-order valence-electron chi connectivity index (χ1n) is 5.98. The summed E-state index contributed by atoms with van der Waals surface area (Å²) >= 11 is 0. The molecule has 0 bridgehead atoms. The Kier molecular flexibility index (Phi) is 3.47. The maximum absolute atomic E-state index is 12.2. The van der Waals surface area contributed by atoms with Gasteiger partial charge in [-0.15, -0.1) is 0 Å². The van der Waals surface area contributed by atoms with E-state index in [2.05, 4.69) is 4.98 Å². The molecule has 0 saturated carbocycles. The molecule has 2 unspecified atom stereocenters. The number of carbonyl (C=O) groups excluding carboxylic acids is 1. The molecule has 2 rings (SSSR count). The van der Waals surface area contributed by atoms with Gasteiger partial charge in [-0.25, -0.2) is 4.98 Å². The van der Waals surface area contributed by atoms with Crippen LogP contribution in [0, 0.1) is 6.92 Å². The predicted molar refractivity (Wildman–Crippen MR) is 61.6 cm³/mol. The van der Waals surface area contributed by atoms with Crippen molar-refractivity contribution in [1.82, 2.24) is 9.88 Å². The van der Waals surface area contributed by atoms with Gasteiger partial charge in [-0.3, -0.25) is 4.79 Å². The minimum Gasteiger partial charge on any atom is -0.438 e. The Morgan fingerprint density at radius 1 is 1.76 bits per heavy atom. The van der Waals surface area contributed by atoms with Gasteiger partial charge in [-0.05, 0) is 33.1 Å². The summed E-state index contributed by atoms with van der Waals surface area (Å²) in [7, 11) is 0. The van der Waals surface area contributed by atoms with Crippen molar-refractivity contribution in [3.63, 3.8) is 0 Å². The molecule has 94 valence electrons. The molecule has 2 atom stereocenters. The molecule has 1 aliphatic heterocycles. The topological polar surface area (TPSA) is 66.6 Å². The summed E-state index contributed by atoms with van der Waals surface area (Å²) in [4.78, 5) is 18.0. The number of aromatic nitrogens is 1. The predicted octanol–water partition coefficient (Wildman–Crippen LogP) is 1.36. The van der Waals surface area contributed by atoms with Crippen LogP contribution in [0.5, 0.6) is 0 Å². The molecule has 1 fully saturated rings. The maximum Gasteiger partial charge on any atom is 0.291 e. The van der Waals surface area contributed by atoms with E-state index in [1.54, 1.807) is 18.7 Å². The lowest BCUT2D eigenvalue weighted by molar-refractivity contribution is 0.0650. The average Bonchev–Trinajstić information content (AvgIpc) is 2.85. The first-order valence-corrected chi connectivity index (χ1v) is 5.98. The third kappa shape index (κ3) is 2.49. The van der Waals surface area contributed by atoms with Crippen LogP contribution in [0.25, 0.3) is 0 Å². The molecule has 1 aromatic rings. The molecule has 1 saturated heterocycles. The fourth-order valence-corrected chi connectivity index (χ4v) is 2.38. The maximum atomic E-state index is 12.2. The fraction of sp³-hybridized carbons (Fsp3) is 0.667. The second-order valence-electron chi connectivity index (χ2n) is 4.65. The summed E-state index contributed by atoms with van der Waals surface area (Å²) < 4.78 is 5.13. The highest BCUT2D eigenvalue weighted by Crippen LogP contribution is 2.24. The van der Waals surface area contributed by atoms with E-state index in [-0.39, 0.29) is 18.1 Å². The molecule has 0 spiro atoms. The van der Waals surface area contributed by atoms with E-state index in [1.165, 1.54) is 6.39 Å². The first kappa shape index (κ1) is 12.1. The Hall–Kier alpha value is -1.36. The van der Waals surface area contributed by atoms with Gasteiger partial charge in [0.25, 0.3) is 5.91 Å². The quantitative estimate of drug-likeness (QED) is 0.863. The number of aryl methyl sites for hydroxylation is 1. The smallest absolute Gasteiger partial charge is 0.291 e. The van der Waals surface area contributed by atoms with E-state index >= 15 is 0 Å². The Labute approximate surface area is 100 Å². The number of aliphatic hydroxyl groups is 1. The lowest BCUT2D eigenvalue weighted by Gasteiger charge is -2.24. The monoisotopic (exact) mass is 238 g/mol. The van der Waals surface area contributed by atoms with Gasteiger partial charge < -0.3 is 14.4 Å². The zero-order valence-corrected chi connectivity index (χ0v) is 10.2. The summed E-state index contributed by atoms with van der Waals surface area (Å²) in [5.74, 6) is 0.214. The SMILES string of the molecule is Cc1ncoc1C(=O)N1CCCC1CC(C)O. The lowest BCUT2D eigenvalue weighted by atomic mass is 10.1. The molecule has 1 aliphatic rings. The van der Waals surface area contributed by atoms with Crippen molar-refractivity contribution in [2.45, 2.75) is 45.3 Å². The highest BCUT2D eigenvalue weighted by molar-refractivity contribution is 5.92. The van der Waals surface area contributed by atoms with Crippen LogP contribution in [0.15, 0.2) is 10.8 Å². The molecule has 1 amide bonds. The summed E-state index contributed by atoms with van der Waals surface area (Å²) in [5.41, 5.74) is 0.623. The summed E-state index contributed by atoms with van der Waals surface area (Å²) in [6.07, 6.45) is 3.46. The molecule has 5 heteroatoms. The summed E-state index contributed by atoms with van der Waals surface area (Å²) in [6, 6.07) is 0.118. The van der Waals surface area contributed by atoms with E-state index in [4.69, 9.17) is 4.42 Å². The Morgan fingerprint density at radius 2 is 2.53 bits per heavy atom. The number of rotatable bonds is 3. The van der Waals surface area contributed by atoms with E-state index in [0.29, 0.717) is 17.9 Å². The molecule has 1 aromatic heterocycles. The van der Waals surface area contributed by atoms with Crippen LogP contribution in [-0.4, -0.2) is 39.6 Å². The normalized spacial score (nSPS) is 21.8. The number of oxazole rings is 1. The Balaban J connectivity index is 2.11. The van der Waals surface area contributed by atoms with Gasteiger partial charge in [0.05, 0.1) is 11.8 Å². The van der Waals surface area contributed by atoms with Crippen LogP contribution < -0.4 is 0 Å². The summed E-state index contributed by atoms with van der Waals surface area (Å²) in [6.45, 7) is 4.24. The van der Waals surface area contributed by atoms with E-state index in [1.807, 2.05) is 0 Å². The Bertz CT molecular complexity index is 400. The molecular formula is C12H18N2O3. The summed E-state index contributed by atoms with van der Waals surface area (Å²) in [5, 5.41) is 9.42. The van der Waals surface area contributed by atoms with Gasteiger partial charge in [0, 0.05) is 12.6 Å². The minimum atomic E-state index is -0.385. The van der Waals surface area contributed by atoms with Crippen LogP contribution in [0.4, 0.5) is 0 Å². The van der Waals surface area contributed by atoms with Gasteiger partial charge in [0.2, 0.25) is 5.76 Å². The van der Waals surface area contributed by atoms with Crippen molar-refractivity contribution in [2.75, 3.05) is 6.54 Å². The molecule has 1 N–H and O–H groups in total. The van der Waals surface area contributed by atoms with Crippen LogP contribution in [-0.2, 0) is 0 Å². The zero-order valence-electron chi connectivity index (χ0n) is 10.2. The van der Waals surface area contributed by atoms with E-state index in [9.17, 15) is 9.90 Å². The van der Waals surface area contributed by atoms with Gasteiger partial charge in [0.15, 0.2) is 6.39 Å². The standard InChI is InChI=1S/C12H18N2O3/c1-8(15)6-10-4-3-5-14(10)12(16)11-9(2)13-7-17-11/h7-8,10,15H,3-6H2,1-2H3. The molecular weight excluding hydrogens is 220 g/mol. The second-order valence-corrected chi connectivity index (χ2v) is 4.65. The van der Waals surface area contributed by atoms with Gasteiger partial charge in [-0.2, -0.15) is 0 Å². The van der Waals surface area contributed by atoms with Crippen LogP contribution in [0.3, 0.4) is 0 Å². The number of carbonyl (C=O) groups is 1. The largest absolute Gasteiger partial charge is 0.438 e. The minimum absolute atomic E-state index is 0.108. The molecule has 0 aliphatic carbocycles. The van der Waals surface area contributed by atoms with Crippen molar-refractivity contribution >= 4 is 5.91 Å². The average molecular weight is 238 g/mol. The number of nitrogens with zero attached hydrogens (tertiary/aromatic N) is 2. The van der Waals surface area contributed by atoms with Crippen LogP contribution in [0.2, 0.25) is 0 Å². The molecule has 5 nitrogen and oxygen atoms in total. The van der Waals surface area contributed by atoms with Crippen molar-refractivity contribution in [3.8, 4) is 0 Å². The number of likely N-dealkylation sites (tertiary alicyclic amines) is 1. The molecule has 0 aromatic carbocycles. The van der Waals surface area contributed by atoms with Crippen molar-refractivity contribution in [3.05, 3.63) is 17.8 Å². The Morgan fingerprint density at radius 3 is 3.12 bits per heavy atom. The van der Waals surface area contributed by atoms with Gasteiger partial charge in [0.1, 0.15) is 0 Å². The molecule has 0 radical (unpaired) electrons. The van der Waals surface area contributed by atoms with Crippen LogP contribution in [0.1, 0.15) is 42.4 Å². The van der Waals surface area contributed by atoms with Gasteiger partial charge in [-0.1, -0.05) is 0 Å². The molecule has 2 heterocycles. The number of amides is 1. The highest BCUT2D eigenvalue weighted by Gasteiger charge is 2.32. The number of hydrogen-bond acceptors (Lipinski definition) is 4. The van der Waals surface area contributed by atoms with Gasteiger partial charge >= 0.3 is 0 Å². The van der Waals surface area contributed by atoms with Crippen molar-refractivity contribution in [2.24, 2.45) is 0 Å². The second kappa shape index (κ2) is 4.87. The number of aliphatic hydroxyl groups excluding tert-OH is 1. The lowest BCUT2D eigenvalue weighted by Crippen LogP contribution is -2.37. The van der Waals surface area contributed by atoms with Crippen molar-refractivity contribution < 1.29 is 14.3 Å². The van der Waals surface area contributed by atoms with Crippen LogP contribution >= 0.6 is 0 Å². The van der Waals surface area contributed by atoms with E-state index in [0.717, 1.165) is 19.4 Å². The molecule has 17 heavy (non-hydrogen) atoms. The third-order valence-electron chi connectivity index (χ3n) is 3.19. The van der Waals surface area contributed by atoms with Crippen molar-refractivity contribution in [1.29, 1.82) is 0 Å². The zero-order chi connectivity index (χ0) is 12.4. The highest BCUT2D eigenvalue weighted by atomic mass is 16.3. The fourth-order valence-electron chi connectivity index (χ4n) is 2.38. The third-order valence-corrected chi connectivity index (χ3v) is 3.19. The van der Waals surface area contributed by atoms with E-state index < -0.39 is 0 Å².